The lowest BCUT2D eigenvalue weighted by atomic mass is 10.1. The van der Waals surface area contributed by atoms with E-state index in [0.717, 1.165) is 15.9 Å². The first kappa shape index (κ1) is 21.8. The van der Waals surface area contributed by atoms with Crippen LogP contribution in [0.3, 0.4) is 0 Å². The Hall–Kier alpha value is -2.42. The lowest BCUT2D eigenvalue weighted by molar-refractivity contribution is 0.288. The summed E-state index contributed by atoms with van der Waals surface area (Å²) in [7, 11) is 0. The van der Waals surface area contributed by atoms with Crippen LogP contribution in [0, 0.1) is 12.7 Å². The van der Waals surface area contributed by atoms with Gasteiger partial charge in [0.05, 0.1) is 10.7 Å². The van der Waals surface area contributed by atoms with Crippen molar-refractivity contribution in [1.82, 2.24) is 19.7 Å². The molecule has 0 amide bonds. The first-order chi connectivity index (χ1) is 15.0. The van der Waals surface area contributed by atoms with E-state index >= 15 is 0 Å². The maximum Gasteiger partial charge on any atom is 0.191 e. The molecule has 2 aromatic carbocycles. The molecular formula is C22H20ClFN4OS2. The molecule has 9 heteroatoms. The van der Waals surface area contributed by atoms with Gasteiger partial charge in [-0.3, -0.25) is 0 Å². The van der Waals surface area contributed by atoms with E-state index in [-0.39, 0.29) is 11.6 Å². The number of halogens is 2. The zero-order valence-corrected chi connectivity index (χ0v) is 19.4. The predicted molar refractivity (Wildman–Crippen MR) is 123 cm³/mol. The third-order valence-corrected chi connectivity index (χ3v) is 6.86. The van der Waals surface area contributed by atoms with Crippen molar-refractivity contribution in [3.63, 3.8) is 0 Å². The van der Waals surface area contributed by atoms with E-state index in [1.54, 1.807) is 23.1 Å². The van der Waals surface area contributed by atoms with Gasteiger partial charge in [-0.2, -0.15) is 0 Å². The fraction of sp³-hybridized carbons (Fsp3) is 0.227. The minimum atomic E-state index is -0.475. The lowest BCUT2D eigenvalue weighted by Crippen LogP contribution is -2.07. The van der Waals surface area contributed by atoms with Crippen LogP contribution >= 0.6 is 34.7 Å². The number of hydrogen-bond donors (Lipinski definition) is 0. The minimum absolute atomic E-state index is 0.0269. The number of thioether (sulfide) groups is 1. The van der Waals surface area contributed by atoms with Gasteiger partial charge in [-0.1, -0.05) is 47.6 Å². The summed E-state index contributed by atoms with van der Waals surface area (Å²) in [5.41, 5.74) is 3.40. The van der Waals surface area contributed by atoms with Crippen LogP contribution < -0.4 is 4.74 Å². The van der Waals surface area contributed by atoms with Gasteiger partial charge in [-0.05, 0) is 31.5 Å². The highest BCUT2D eigenvalue weighted by atomic mass is 35.5. The summed E-state index contributed by atoms with van der Waals surface area (Å²) < 4.78 is 21.0. The summed E-state index contributed by atoms with van der Waals surface area (Å²) in [6, 6.07) is 12.5. The molecule has 5 nitrogen and oxygen atoms in total. The third kappa shape index (κ3) is 5.08. The van der Waals surface area contributed by atoms with Gasteiger partial charge in [0.2, 0.25) is 0 Å². The summed E-state index contributed by atoms with van der Waals surface area (Å²) >= 11 is 9.05. The molecule has 0 aliphatic rings. The number of benzene rings is 2. The van der Waals surface area contributed by atoms with Crippen molar-refractivity contribution in [3.05, 3.63) is 75.8 Å². The average molecular weight is 475 g/mol. The van der Waals surface area contributed by atoms with Gasteiger partial charge in [-0.15, -0.1) is 21.5 Å². The number of hydrogen-bond acceptors (Lipinski definition) is 6. The Balaban J connectivity index is 1.41. The van der Waals surface area contributed by atoms with E-state index < -0.39 is 5.82 Å². The fourth-order valence-electron chi connectivity index (χ4n) is 3.01. The normalized spacial score (nSPS) is 11.1. The molecule has 0 radical (unpaired) electrons. The molecule has 4 rings (SSSR count). The molecule has 31 heavy (non-hydrogen) atoms. The maximum atomic E-state index is 13.3. The van der Waals surface area contributed by atoms with Crippen LogP contribution in [0.15, 0.2) is 53.0 Å². The van der Waals surface area contributed by atoms with Gasteiger partial charge >= 0.3 is 0 Å². The van der Waals surface area contributed by atoms with Crippen LogP contribution in [0.25, 0.3) is 10.6 Å². The number of thiazole rings is 1. The summed E-state index contributed by atoms with van der Waals surface area (Å²) in [5.74, 6) is 1.41. The highest BCUT2D eigenvalue weighted by Gasteiger charge is 2.14. The third-order valence-electron chi connectivity index (χ3n) is 4.65. The molecule has 0 saturated heterocycles. The zero-order chi connectivity index (χ0) is 21.8. The molecule has 0 aliphatic heterocycles. The summed E-state index contributed by atoms with van der Waals surface area (Å²) in [6.45, 7) is 5.06. The first-order valence-corrected chi connectivity index (χ1v) is 11.9. The second kappa shape index (κ2) is 9.80. The van der Waals surface area contributed by atoms with Crippen molar-refractivity contribution < 1.29 is 9.13 Å². The molecule has 2 heterocycles. The largest absolute Gasteiger partial charge is 0.486 e. The molecule has 0 aliphatic carbocycles. The van der Waals surface area contributed by atoms with Gasteiger partial charge < -0.3 is 9.30 Å². The monoisotopic (exact) mass is 474 g/mol. The van der Waals surface area contributed by atoms with Gasteiger partial charge in [0.15, 0.2) is 11.0 Å². The number of rotatable bonds is 8. The standard InChI is InChI=1S/C22H20ClFN4OS2/c1-3-28-20(11-29-16-8-9-19(24)18(23)10-16)26-27-22(28)31-13-15-12-30-21(25-15)17-7-5-4-6-14(17)2/h4-10,12H,3,11,13H2,1-2H3. The predicted octanol–water partition coefficient (Wildman–Crippen LogP) is 6.39. The van der Waals surface area contributed by atoms with Crippen LogP contribution in [-0.4, -0.2) is 19.7 Å². The van der Waals surface area contributed by atoms with Gasteiger partial charge in [0.1, 0.15) is 23.2 Å². The first-order valence-electron chi connectivity index (χ1n) is 9.68. The van der Waals surface area contributed by atoms with Crippen LogP contribution in [0.1, 0.15) is 24.0 Å². The van der Waals surface area contributed by atoms with Crippen LogP contribution in [0.2, 0.25) is 5.02 Å². The molecule has 0 unspecified atom stereocenters. The SMILES string of the molecule is CCn1c(COc2ccc(F)c(Cl)c2)nnc1SCc1csc(-c2ccccc2C)n1. The molecule has 0 spiro atoms. The maximum absolute atomic E-state index is 13.3. The van der Waals surface area contributed by atoms with E-state index in [1.807, 2.05) is 23.6 Å². The molecule has 0 saturated carbocycles. The van der Waals surface area contributed by atoms with Crippen molar-refractivity contribution >= 4 is 34.7 Å². The summed E-state index contributed by atoms with van der Waals surface area (Å²) in [6.07, 6.45) is 0. The minimum Gasteiger partial charge on any atom is -0.486 e. The number of aryl methyl sites for hydroxylation is 1. The Morgan fingerprint density at radius 1 is 1.19 bits per heavy atom. The molecule has 0 N–H and O–H groups in total. The van der Waals surface area contributed by atoms with Crippen LogP contribution in [0.4, 0.5) is 4.39 Å². The van der Waals surface area contributed by atoms with Gasteiger partial charge in [0.25, 0.3) is 0 Å². The zero-order valence-electron chi connectivity index (χ0n) is 17.0. The quantitative estimate of drug-likeness (QED) is 0.277. The Kier molecular flexibility index (Phi) is 6.89. The van der Waals surface area contributed by atoms with E-state index in [9.17, 15) is 4.39 Å². The van der Waals surface area contributed by atoms with Crippen molar-refractivity contribution in [3.8, 4) is 16.3 Å². The number of ether oxygens (including phenoxy) is 1. The van der Waals surface area contributed by atoms with E-state index in [1.165, 1.54) is 29.3 Å². The van der Waals surface area contributed by atoms with Crippen molar-refractivity contribution in [1.29, 1.82) is 0 Å². The van der Waals surface area contributed by atoms with E-state index in [0.29, 0.717) is 23.9 Å². The second-order valence-electron chi connectivity index (χ2n) is 6.76. The Morgan fingerprint density at radius 3 is 2.81 bits per heavy atom. The Bertz CT molecular complexity index is 1190. The summed E-state index contributed by atoms with van der Waals surface area (Å²) in [5, 5.41) is 12.5. The Morgan fingerprint density at radius 2 is 2.03 bits per heavy atom. The molecule has 0 bridgehead atoms. The molecule has 4 aromatic rings. The van der Waals surface area contributed by atoms with E-state index in [4.69, 9.17) is 21.3 Å². The van der Waals surface area contributed by atoms with Crippen molar-refractivity contribution in [2.75, 3.05) is 0 Å². The average Bonchev–Trinajstić information content (AvgIpc) is 3.40. The molecule has 0 atom stereocenters. The Labute approximate surface area is 193 Å². The van der Waals surface area contributed by atoms with Crippen molar-refractivity contribution in [2.24, 2.45) is 0 Å². The topological polar surface area (TPSA) is 52.8 Å². The van der Waals surface area contributed by atoms with Crippen LogP contribution in [0.5, 0.6) is 5.75 Å². The molecule has 0 fully saturated rings. The lowest BCUT2D eigenvalue weighted by Gasteiger charge is -2.09. The van der Waals surface area contributed by atoms with Crippen molar-refractivity contribution in [2.45, 2.75) is 37.9 Å². The highest BCUT2D eigenvalue weighted by molar-refractivity contribution is 7.98. The molecular weight excluding hydrogens is 455 g/mol. The molecule has 2 aromatic heterocycles. The fourth-order valence-corrected chi connectivity index (χ4v) is 5.11. The van der Waals surface area contributed by atoms with Crippen LogP contribution in [-0.2, 0) is 18.9 Å². The summed E-state index contributed by atoms with van der Waals surface area (Å²) in [4.78, 5) is 4.78. The number of aromatic nitrogens is 4. The highest BCUT2D eigenvalue weighted by Crippen LogP contribution is 2.29. The number of nitrogens with zero attached hydrogens (tertiary/aromatic N) is 4. The smallest absolute Gasteiger partial charge is 0.191 e. The van der Waals surface area contributed by atoms with E-state index in [2.05, 4.69) is 34.6 Å². The molecule has 160 valence electrons. The van der Waals surface area contributed by atoms with Gasteiger partial charge in [0, 0.05) is 29.3 Å². The van der Waals surface area contributed by atoms with Gasteiger partial charge in [-0.25, -0.2) is 9.37 Å². The second-order valence-corrected chi connectivity index (χ2v) is 8.96.